The predicted molar refractivity (Wildman–Crippen MR) is 106 cm³/mol. The fraction of sp³-hybridized carbons (Fsp3) is 0.647. The second-order valence-electron chi connectivity index (χ2n) is 6.51. The third-order valence-corrected chi connectivity index (χ3v) is 3.27. The quantitative estimate of drug-likeness (QED) is 0.308. The molecule has 0 amide bonds. The first-order chi connectivity index (χ1) is 10.0. The summed E-state index contributed by atoms with van der Waals surface area (Å²) in [5.41, 5.74) is 1.54. The van der Waals surface area contributed by atoms with Crippen molar-refractivity contribution < 1.29 is 0 Å². The Bertz CT molecular complexity index is 412. The van der Waals surface area contributed by atoms with Crippen LogP contribution in [0.25, 0.3) is 0 Å². The average Bonchev–Trinajstić information content (AvgIpc) is 2.45. The largest absolute Gasteiger partial charge is 0.356 e. The van der Waals surface area contributed by atoms with Gasteiger partial charge in [-0.25, -0.2) is 0 Å². The molecule has 0 saturated carbocycles. The van der Waals surface area contributed by atoms with Crippen molar-refractivity contribution in [2.24, 2.45) is 10.4 Å². The summed E-state index contributed by atoms with van der Waals surface area (Å²) in [4.78, 5) is 8.55. The van der Waals surface area contributed by atoms with E-state index in [2.05, 4.69) is 41.4 Å². The molecule has 2 N–H and O–H groups in total. The summed E-state index contributed by atoms with van der Waals surface area (Å²) in [6, 6.07) is 6.00. The molecule has 0 atom stereocenters. The predicted octanol–water partition coefficient (Wildman–Crippen LogP) is 3.62. The smallest absolute Gasteiger partial charge is 0.190 e. The number of guanidine groups is 1. The molecule has 5 heteroatoms. The minimum Gasteiger partial charge on any atom is -0.356 e. The zero-order valence-electron chi connectivity index (χ0n) is 14.4. The van der Waals surface area contributed by atoms with Gasteiger partial charge in [-0.2, -0.15) is 0 Å². The third-order valence-electron chi connectivity index (χ3n) is 3.27. The van der Waals surface area contributed by atoms with Gasteiger partial charge in [0.2, 0.25) is 0 Å². The summed E-state index contributed by atoms with van der Waals surface area (Å²) in [5, 5.41) is 6.68. The normalized spacial score (nSPS) is 11.7. The monoisotopic (exact) mass is 418 g/mol. The van der Waals surface area contributed by atoms with Crippen LogP contribution in [0, 0.1) is 5.41 Å². The van der Waals surface area contributed by atoms with Crippen LogP contribution in [-0.2, 0) is 6.42 Å². The van der Waals surface area contributed by atoms with Crippen molar-refractivity contribution in [3.8, 4) is 0 Å². The Morgan fingerprint density at radius 3 is 2.45 bits per heavy atom. The Morgan fingerprint density at radius 1 is 1.14 bits per heavy atom. The van der Waals surface area contributed by atoms with E-state index in [0.29, 0.717) is 5.41 Å². The number of halogens is 1. The van der Waals surface area contributed by atoms with Gasteiger partial charge in [-0.3, -0.25) is 9.98 Å². The molecule has 22 heavy (non-hydrogen) atoms. The third kappa shape index (κ3) is 10.8. The topological polar surface area (TPSA) is 49.3 Å². The molecule has 0 aliphatic rings. The highest BCUT2D eigenvalue weighted by atomic mass is 127. The maximum absolute atomic E-state index is 4.31. The van der Waals surface area contributed by atoms with Gasteiger partial charge < -0.3 is 10.6 Å². The highest BCUT2D eigenvalue weighted by molar-refractivity contribution is 14.0. The van der Waals surface area contributed by atoms with E-state index in [1.165, 1.54) is 19.3 Å². The molecule has 0 fully saturated rings. The minimum absolute atomic E-state index is 0. The van der Waals surface area contributed by atoms with Crippen molar-refractivity contribution in [3.05, 3.63) is 30.1 Å². The van der Waals surface area contributed by atoms with Crippen molar-refractivity contribution in [2.45, 2.75) is 46.5 Å². The van der Waals surface area contributed by atoms with Gasteiger partial charge in [-0.1, -0.05) is 33.3 Å². The van der Waals surface area contributed by atoms with Crippen molar-refractivity contribution >= 4 is 29.9 Å². The van der Waals surface area contributed by atoms with Crippen molar-refractivity contribution in [1.82, 2.24) is 15.6 Å². The lowest BCUT2D eigenvalue weighted by Gasteiger charge is -2.18. The first kappa shape index (κ1) is 21.1. The maximum Gasteiger partial charge on any atom is 0.190 e. The number of hydrogen-bond acceptors (Lipinski definition) is 2. The number of nitrogens with zero attached hydrogens (tertiary/aromatic N) is 2. The molecule has 126 valence electrons. The molecule has 0 spiro atoms. The number of nitrogens with one attached hydrogen (secondary N) is 2. The fourth-order valence-electron chi connectivity index (χ4n) is 2.06. The number of unbranched alkanes of at least 4 members (excludes halogenated alkanes) is 1. The lowest BCUT2D eigenvalue weighted by atomic mass is 9.90. The highest BCUT2D eigenvalue weighted by Gasteiger charge is 2.08. The van der Waals surface area contributed by atoms with Gasteiger partial charge in [-0.15, -0.1) is 24.0 Å². The molecule has 0 bridgehead atoms. The van der Waals surface area contributed by atoms with Crippen LogP contribution in [0.4, 0.5) is 0 Å². The van der Waals surface area contributed by atoms with E-state index in [1.807, 2.05) is 31.4 Å². The minimum atomic E-state index is 0. The van der Waals surface area contributed by atoms with Gasteiger partial charge in [0.1, 0.15) is 0 Å². The summed E-state index contributed by atoms with van der Waals surface area (Å²) < 4.78 is 0. The molecule has 0 saturated heterocycles. The molecule has 0 aromatic carbocycles. The maximum atomic E-state index is 4.31. The van der Waals surface area contributed by atoms with Gasteiger partial charge in [0.15, 0.2) is 5.96 Å². The van der Waals surface area contributed by atoms with Crippen LogP contribution in [0.15, 0.2) is 29.4 Å². The van der Waals surface area contributed by atoms with E-state index < -0.39 is 0 Å². The van der Waals surface area contributed by atoms with Gasteiger partial charge in [0.05, 0.1) is 0 Å². The molecular weight excluding hydrogens is 387 g/mol. The van der Waals surface area contributed by atoms with E-state index >= 15 is 0 Å². The standard InChI is InChI=1S/C17H30N4.HI/c1-17(2,3)11-6-8-13-20-16(18-4)21-14-10-15-9-5-7-12-19-15;/h5,7,9,12H,6,8,10-11,13-14H2,1-4H3,(H2,18,20,21);1H. The van der Waals surface area contributed by atoms with Crippen molar-refractivity contribution in [2.75, 3.05) is 20.1 Å². The van der Waals surface area contributed by atoms with Crippen LogP contribution < -0.4 is 10.6 Å². The van der Waals surface area contributed by atoms with Gasteiger partial charge >= 0.3 is 0 Å². The summed E-state index contributed by atoms with van der Waals surface area (Å²) in [5.74, 6) is 0.877. The van der Waals surface area contributed by atoms with Crippen LogP contribution in [0.3, 0.4) is 0 Å². The molecule has 1 aromatic heterocycles. The van der Waals surface area contributed by atoms with E-state index in [1.54, 1.807) is 0 Å². The van der Waals surface area contributed by atoms with Crippen molar-refractivity contribution in [3.63, 3.8) is 0 Å². The van der Waals surface area contributed by atoms with Crippen LogP contribution in [0.2, 0.25) is 0 Å². The van der Waals surface area contributed by atoms with Gasteiger partial charge in [0, 0.05) is 38.4 Å². The van der Waals surface area contributed by atoms with Crippen molar-refractivity contribution in [1.29, 1.82) is 0 Å². The molecule has 0 unspecified atom stereocenters. The zero-order valence-corrected chi connectivity index (χ0v) is 16.7. The number of aliphatic imine (C=N–C) groups is 1. The van der Waals surface area contributed by atoms with Crippen LogP contribution in [-0.4, -0.2) is 31.1 Å². The number of aromatic nitrogens is 1. The van der Waals surface area contributed by atoms with Crippen LogP contribution in [0.1, 0.15) is 45.7 Å². The Balaban J connectivity index is 0.00000441. The van der Waals surface area contributed by atoms with E-state index in [0.717, 1.165) is 31.2 Å². The van der Waals surface area contributed by atoms with Crippen LogP contribution in [0.5, 0.6) is 0 Å². The molecule has 0 aliphatic heterocycles. The molecule has 1 rings (SSSR count). The molecule has 0 radical (unpaired) electrons. The van der Waals surface area contributed by atoms with Crippen LogP contribution >= 0.6 is 24.0 Å². The Labute approximate surface area is 152 Å². The van der Waals surface area contributed by atoms with E-state index in [-0.39, 0.29) is 24.0 Å². The molecule has 0 aliphatic carbocycles. The molecular formula is C17H31IN4. The summed E-state index contributed by atoms with van der Waals surface area (Å²) in [6.07, 6.45) is 6.43. The lowest BCUT2D eigenvalue weighted by molar-refractivity contribution is 0.360. The van der Waals surface area contributed by atoms with Gasteiger partial charge in [0.25, 0.3) is 0 Å². The Kier molecular flexibility index (Phi) is 11.2. The number of rotatable bonds is 7. The molecule has 4 nitrogen and oxygen atoms in total. The first-order valence-electron chi connectivity index (χ1n) is 7.86. The Hall–Kier alpha value is -0.850. The second-order valence-corrected chi connectivity index (χ2v) is 6.51. The SMILES string of the molecule is CN=C(NCCCCC(C)(C)C)NCCc1ccccn1.I. The highest BCUT2D eigenvalue weighted by Crippen LogP contribution is 2.21. The summed E-state index contributed by atoms with van der Waals surface area (Å²) in [6.45, 7) is 8.69. The number of hydrogen-bond donors (Lipinski definition) is 2. The molecule has 1 aromatic rings. The first-order valence-corrected chi connectivity index (χ1v) is 7.86. The average molecular weight is 418 g/mol. The second kappa shape index (κ2) is 11.7. The van der Waals surface area contributed by atoms with Gasteiger partial charge in [-0.05, 0) is 30.4 Å². The Morgan fingerprint density at radius 2 is 1.86 bits per heavy atom. The molecule has 1 heterocycles. The summed E-state index contributed by atoms with van der Waals surface area (Å²) in [7, 11) is 1.81. The van der Waals surface area contributed by atoms with E-state index in [9.17, 15) is 0 Å². The summed E-state index contributed by atoms with van der Waals surface area (Å²) >= 11 is 0. The zero-order chi connectivity index (χ0) is 15.6. The number of pyridine rings is 1. The fourth-order valence-corrected chi connectivity index (χ4v) is 2.06. The van der Waals surface area contributed by atoms with E-state index in [4.69, 9.17) is 0 Å². The lowest BCUT2D eigenvalue weighted by Crippen LogP contribution is -2.38.